The van der Waals surface area contributed by atoms with Crippen LogP contribution in [0.5, 0.6) is 5.75 Å². The Morgan fingerprint density at radius 3 is 2.14 bits per heavy atom. The van der Waals surface area contributed by atoms with E-state index in [9.17, 15) is 5.11 Å². The smallest absolute Gasteiger partial charge is 0.226 e. The number of phenolic OH excluding ortho intramolecular Hbond substituents is 1. The van der Waals surface area contributed by atoms with Gasteiger partial charge in [-0.3, -0.25) is 0 Å². The summed E-state index contributed by atoms with van der Waals surface area (Å²) in [6.07, 6.45) is 2.66. The maximum Gasteiger partial charge on any atom is 0.226 e. The molecule has 2 N–H and O–H groups in total. The lowest BCUT2D eigenvalue weighted by molar-refractivity contribution is 0.243. The molecule has 0 aliphatic carbocycles. The molecule has 154 valence electrons. The zero-order valence-electron chi connectivity index (χ0n) is 18.2. The molecule has 2 aromatic rings. The lowest BCUT2D eigenvalue weighted by atomic mass is 9.78. The first-order valence-electron chi connectivity index (χ1n) is 10.3. The second-order valence-corrected chi connectivity index (χ2v) is 9.91. The number of rotatable bonds is 4. The molecule has 1 fully saturated rings. The van der Waals surface area contributed by atoms with Gasteiger partial charge in [0.1, 0.15) is 12.0 Å². The topological polar surface area (TPSA) is 61.5 Å². The van der Waals surface area contributed by atoms with Gasteiger partial charge in [0.05, 0.1) is 5.69 Å². The van der Waals surface area contributed by atoms with Crippen LogP contribution < -0.4 is 5.32 Å². The highest BCUT2D eigenvalue weighted by atomic mass is 16.3. The minimum atomic E-state index is -0.169. The van der Waals surface area contributed by atoms with Crippen molar-refractivity contribution >= 4 is 0 Å². The molecule has 0 atom stereocenters. The first-order valence-corrected chi connectivity index (χ1v) is 10.3. The average Bonchev–Trinajstić information content (AvgIpc) is 3.08. The van der Waals surface area contributed by atoms with E-state index < -0.39 is 0 Å². The number of nitrogens with one attached hydrogen (secondary N) is 1. The predicted octanol–water partition coefficient (Wildman–Crippen LogP) is 4.09. The summed E-state index contributed by atoms with van der Waals surface area (Å²) in [5, 5.41) is 14.3. The van der Waals surface area contributed by atoms with Gasteiger partial charge in [0.2, 0.25) is 5.89 Å². The number of oxazole rings is 1. The average molecular weight is 386 g/mol. The molecule has 1 aliphatic heterocycles. The molecular formula is C23H35N3O2. The Balaban J connectivity index is 1.87. The van der Waals surface area contributed by atoms with Crippen molar-refractivity contribution in [2.45, 2.75) is 58.8 Å². The molecule has 0 bridgehead atoms. The Morgan fingerprint density at radius 1 is 1.04 bits per heavy atom. The Bertz CT molecular complexity index is 771. The highest BCUT2D eigenvalue weighted by Crippen LogP contribution is 2.41. The second-order valence-electron chi connectivity index (χ2n) is 9.91. The number of nitrogens with zero attached hydrogens (tertiary/aromatic N) is 2. The number of piperazine rings is 1. The van der Waals surface area contributed by atoms with E-state index in [4.69, 9.17) is 9.40 Å². The molecule has 1 aromatic heterocycles. The third kappa shape index (κ3) is 4.76. The molecule has 0 saturated carbocycles. The largest absolute Gasteiger partial charge is 0.507 e. The van der Waals surface area contributed by atoms with Gasteiger partial charge in [-0.25, -0.2) is 4.98 Å². The van der Waals surface area contributed by atoms with E-state index >= 15 is 0 Å². The first-order chi connectivity index (χ1) is 13.1. The van der Waals surface area contributed by atoms with Crippen LogP contribution in [0, 0.1) is 0 Å². The van der Waals surface area contributed by atoms with Gasteiger partial charge in [-0.15, -0.1) is 0 Å². The molecular weight excluding hydrogens is 350 g/mol. The van der Waals surface area contributed by atoms with Gasteiger partial charge in [-0.2, -0.15) is 0 Å². The first kappa shape index (κ1) is 20.9. The maximum atomic E-state index is 10.9. The van der Waals surface area contributed by atoms with Crippen molar-refractivity contribution in [2.24, 2.45) is 0 Å². The van der Waals surface area contributed by atoms with E-state index in [2.05, 4.69) is 51.8 Å². The van der Waals surface area contributed by atoms with E-state index in [0.717, 1.165) is 61.5 Å². The molecule has 0 spiro atoms. The molecule has 3 rings (SSSR count). The van der Waals surface area contributed by atoms with Crippen molar-refractivity contribution in [1.29, 1.82) is 0 Å². The second kappa shape index (κ2) is 7.88. The SMILES string of the molecule is CC(C)(C)c1cc(-c2nc(CCN3CCNCC3)co2)cc(C(C)(C)C)c1O. The van der Waals surface area contributed by atoms with Crippen LogP contribution in [0.1, 0.15) is 58.4 Å². The van der Waals surface area contributed by atoms with Gasteiger partial charge in [0, 0.05) is 55.8 Å². The molecule has 5 heteroatoms. The van der Waals surface area contributed by atoms with Gasteiger partial charge < -0.3 is 19.7 Å². The third-order valence-electron chi connectivity index (χ3n) is 5.42. The normalized spacial score (nSPS) is 16.5. The third-order valence-corrected chi connectivity index (χ3v) is 5.42. The molecule has 0 unspecified atom stereocenters. The predicted molar refractivity (Wildman–Crippen MR) is 114 cm³/mol. The maximum absolute atomic E-state index is 10.9. The number of aromatic hydroxyl groups is 1. The molecule has 2 heterocycles. The van der Waals surface area contributed by atoms with Gasteiger partial charge in [0.25, 0.3) is 0 Å². The summed E-state index contributed by atoms with van der Waals surface area (Å²) in [6.45, 7) is 18.0. The van der Waals surface area contributed by atoms with Crippen LogP contribution in [0.4, 0.5) is 0 Å². The summed E-state index contributed by atoms with van der Waals surface area (Å²) in [6, 6.07) is 4.05. The fourth-order valence-electron chi connectivity index (χ4n) is 3.66. The minimum absolute atomic E-state index is 0.169. The number of hydrogen-bond donors (Lipinski definition) is 2. The van der Waals surface area contributed by atoms with Crippen LogP contribution in [-0.2, 0) is 17.3 Å². The zero-order chi connectivity index (χ0) is 20.5. The highest BCUT2D eigenvalue weighted by Gasteiger charge is 2.27. The Labute approximate surface area is 169 Å². The Kier molecular flexibility index (Phi) is 5.87. The molecule has 0 radical (unpaired) electrons. The molecule has 28 heavy (non-hydrogen) atoms. The summed E-state index contributed by atoms with van der Waals surface area (Å²) in [4.78, 5) is 7.21. The van der Waals surface area contributed by atoms with Crippen LogP contribution in [-0.4, -0.2) is 47.7 Å². The standard InChI is InChI=1S/C23H35N3O2/c1-22(2,3)18-13-16(14-19(20(18)27)23(4,5)6)21-25-17(15-28-21)7-10-26-11-8-24-9-12-26/h13-15,24,27H,7-12H2,1-6H3. The lowest BCUT2D eigenvalue weighted by Crippen LogP contribution is -2.44. The van der Waals surface area contributed by atoms with Gasteiger partial charge >= 0.3 is 0 Å². The van der Waals surface area contributed by atoms with Crippen molar-refractivity contribution in [3.63, 3.8) is 0 Å². The van der Waals surface area contributed by atoms with Crippen molar-refractivity contribution in [3.8, 4) is 17.2 Å². The summed E-state index contributed by atoms with van der Waals surface area (Å²) >= 11 is 0. The van der Waals surface area contributed by atoms with Crippen molar-refractivity contribution in [3.05, 3.63) is 35.2 Å². The van der Waals surface area contributed by atoms with Crippen LogP contribution in [0.3, 0.4) is 0 Å². The number of benzene rings is 1. The van der Waals surface area contributed by atoms with E-state index in [-0.39, 0.29) is 10.8 Å². The molecule has 5 nitrogen and oxygen atoms in total. The summed E-state index contributed by atoms with van der Waals surface area (Å²) in [7, 11) is 0. The Hall–Kier alpha value is -1.85. The molecule has 1 saturated heterocycles. The van der Waals surface area contributed by atoms with Crippen LogP contribution in [0.25, 0.3) is 11.5 Å². The van der Waals surface area contributed by atoms with E-state index in [1.807, 2.05) is 12.1 Å². The minimum Gasteiger partial charge on any atom is -0.507 e. The molecule has 1 aliphatic rings. The van der Waals surface area contributed by atoms with E-state index in [1.165, 1.54) is 0 Å². The van der Waals surface area contributed by atoms with Crippen LogP contribution in [0.2, 0.25) is 0 Å². The number of hydrogen-bond acceptors (Lipinski definition) is 5. The fourth-order valence-corrected chi connectivity index (χ4v) is 3.66. The lowest BCUT2D eigenvalue weighted by Gasteiger charge is -2.27. The summed E-state index contributed by atoms with van der Waals surface area (Å²) in [5.74, 6) is 1.01. The number of aromatic nitrogens is 1. The fraction of sp³-hybridized carbons (Fsp3) is 0.609. The van der Waals surface area contributed by atoms with Gasteiger partial charge in [-0.1, -0.05) is 41.5 Å². The van der Waals surface area contributed by atoms with Crippen molar-refractivity contribution in [2.75, 3.05) is 32.7 Å². The van der Waals surface area contributed by atoms with Crippen molar-refractivity contribution in [1.82, 2.24) is 15.2 Å². The van der Waals surface area contributed by atoms with Gasteiger partial charge in [-0.05, 0) is 23.0 Å². The van der Waals surface area contributed by atoms with Gasteiger partial charge in [0.15, 0.2) is 0 Å². The monoisotopic (exact) mass is 385 g/mol. The molecule has 1 aromatic carbocycles. The zero-order valence-corrected chi connectivity index (χ0v) is 18.2. The Morgan fingerprint density at radius 2 is 1.61 bits per heavy atom. The van der Waals surface area contributed by atoms with E-state index in [0.29, 0.717) is 11.6 Å². The number of phenols is 1. The summed E-state index contributed by atoms with van der Waals surface area (Å²) < 4.78 is 5.84. The van der Waals surface area contributed by atoms with Crippen LogP contribution in [0.15, 0.2) is 22.8 Å². The van der Waals surface area contributed by atoms with E-state index in [1.54, 1.807) is 6.26 Å². The molecule has 0 amide bonds. The van der Waals surface area contributed by atoms with Crippen LogP contribution >= 0.6 is 0 Å². The quantitative estimate of drug-likeness (QED) is 0.830. The summed E-state index contributed by atoms with van der Waals surface area (Å²) in [5.41, 5.74) is 3.43. The van der Waals surface area contributed by atoms with Crippen molar-refractivity contribution < 1.29 is 9.52 Å². The highest BCUT2D eigenvalue weighted by molar-refractivity contribution is 5.63.